The average Bonchev–Trinajstić information content (AvgIpc) is 3.77. The van der Waals surface area contributed by atoms with Gasteiger partial charge in [-0.15, -0.1) is 0 Å². The average molecular weight is 820 g/mol. The maximum atomic E-state index is 9.88. The number of hydrogen-bond acceptors (Lipinski definition) is 4. The summed E-state index contributed by atoms with van der Waals surface area (Å²) >= 11 is 1.78. The van der Waals surface area contributed by atoms with Crippen molar-refractivity contribution in [1.82, 2.24) is 9.13 Å². The monoisotopic (exact) mass is 819 g/mol. The van der Waals surface area contributed by atoms with Crippen molar-refractivity contribution in [3.05, 3.63) is 120 Å². The van der Waals surface area contributed by atoms with Crippen molar-refractivity contribution in [3.63, 3.8) is 0 Å². The van der Waals surface area contributed by atoms with Gasteiger partial charge in [-0.05, 0) is 62.2 Å². The second-order valence-electron chi connectivity index (χ2n) is 15.4. The molecule has 8 rings (SSSR count). The van der Waals surface area contributed by atoms with E-state index in [9.17, 15) is 5.11 Å². The number of halogens is 1. The Morgan fingerprint density at radius 3 is 2.04 bits per heavy atom. The van der Waals surface area contributed by atoms with Crippen molar-refractivity contribution in [1.29, 1.82) is 0 Å². The van der Waals surface area contributed by atoms with E-state index in [1.807, 2.05) is 0 Å². The van der Waals surface area contributed by atoms with E-state index in [0.29, 0.717) is 13.0 Å². The standard InChI is InChI=1S/C45H48IN4O3/c1-44(2)38(49(26-14-28-51)36-24-22-34-40(42(36)44)30-16-10-12-18-32(30)47(34)5)20-8-7-9-21-39-45(3,4)43-37(50(39)27-15-29-52-53-46)25-23-35-41(43)31-17-11-13-19-33(31)48(35)6/h7-13,16-25,51H,14-15,26-29H2,1-6H3/q+1. The quantitative estimate of drug-likeness (QED) is 0.0353. The molecule has 2 aliphatic heterocycles. The van der Waals surface area contributed by atoms with E-state index in [0.717, 1.165) is 19.5 Å². The van der Waals surface area contributed by atoms with E-state index in [1.165, 1.54) is 77.5 Å². The summed E-state index contributed by atoms with van der Waals surface area (Å²) in [5.74, 6) is 0. The van der Waals surface area contributed by atoms with Crippen LogP contribution in [0.3, 0.4) is 0 Å². The molecule has 4 heterocycles. The molecule has 0 unspecified atom stereocenters. The number of aromatic nitrogens is 2. The maximum Gasteiger partial charge on any atom is 0.210 e. The Balaban J connectivity index is 1.18. The van der Waals surface area contributed by atoms with Crippen molar-refractivity contribution in [2.75, 3.05) is 31.2 Å². The zero-order chi connectivity index (χ0) is 37.1. The van der Waals surface area contributed by atoms with Crippen LogP contribution in [0.5, 0.6) is 0 Å². The molecule has 1 N–H and O–H groups in total. The Morgan fingerprint density at radius 1 is 0.736 bits per heavy atom. The number of hydrogen-bond donors (Lipinski definition) is 1. The Labute approximate surface area is 325 Å². The van der Waals surface area contributed by atoms with E-state index < -0.39 is 0 Å². The highest BCUT2D eigenvalue weighted by molar-refractivity contribution is 14.1. The summed E-state index contributed by atoms with van der Waals surface area (Å²) in [6.45, 7) is 11.6. The first-order valence-electron chi connectivity index (χ1n) is 18.6. The number of aryl methyl sites for hydroxylation is 2. The summed E-state index contributed by atoms with van der Waals surface area (Å²) in [5.41, 5.74) is 12.2. The molecule has 0 fully saturated rings. The van der Waals surface area contributed by atoms with Crippen LogP contribution in [0.15, 0.2) is 109 Å². The van der Waals surface area contributed by atoms with E-state index in [1.54, 1.807) is 23.0 Å². The van der Waals surface area contributed by atoms with Crippen LogP contribution in [0.2, 0.25) is 0 Å². The van der Waals surface area contributed by atoms with Crippen molar-refractivity contribution in [2.45, 2.75) is 51.4 Å². The number of anilines is 1. The van der Waals surface area contributed by atoms with Crippen molar-refractivity contribution in [3.8, 4) is 0 Å². The van der Waals surface area contributed by atoms with Gasteiger partial charge in [0, 0.05) is 112 Å². The normalized spacial score (nSPS) is 17.4. The number of fused-ring (bicyclic) bond motifs is 10. The second-order valence-corrected chi connectivity index (χ2v) is 15.8. The number of para-hydroxylation sites is 2. The minimum absolute atomic E-state index is 0.157. The maximum absolute atomic E-state index is 9.88. The number of aliphatic hydroxyl groups is 1. The number of allylic oxidation sites excluding steroid dienone is 6. The summed E-state index contributed by atoms with van der Waals surface area (Å²) in [4.78, 5) is 7.70. The summed E-state index contributed by atoms with van der Waals surface area (Å²) in [7, 11) is 4.33. The van der Waals surface area contributed by atoms with Crippen LogP contribution < -0.4 is 4.90 Å². The van der Waals surface area contributed by atoms with Gasteiger partial charge in [0.05, 0.1) is 12.0 Å². The smallest absolute Gasteiger partial charge is 0.210 e. The zero-order valence-corrected chi connectivity index (χ0v) is 33.6. The van der Waals surface area contributed by atoms with Crippen LogP contribution in [0.4, 0.5) is 11.4 Å². The highest BCUT2D eigenvalue weighted by Gasteiger charge is 2.46. The van der Waals surface area contributed by atoms with Crippen LogP contribution in [0, 0.1) is 0 Å². The number of nitrogens with zero attached hydrogens (tertiary/aromatic N) is 4. The number of benzene rings is 4. The highest BCUT2D eigenvalue weighted by atomic mass is 127. The molecule has 0 saturated heterocycles. The van der Waals surface area contributed by atoms with Crippen LogP contribution in [-0.2, 0) is 33.0 Å². The Bertz CT molecular complexity index is 2530. The van der Waals surface area contributed by atoms with Crippen LogP contribution in [0.1, 0.15) is 51.7 Å². The first-order valence-corrected chi connectivity index (χ1v) is 19.5. The molecule has 0 saturated carbocycles. The highest BCUT2D eigenvalue weighted by Crippen LogP contribution is 2.52. The molecule has 53 heavy (non-hydrogen) atoms. The Kier molecular flexibility index (Phi) is 9.38. The fourth-order valence-electron chi connectivity index (χ4n) is 9.36. The molecular weight excluding hydrogens is 771 g/mol. The van der Waals surface area contributed by atoms with Crippen molar-refractivity contribution >= 4 is 83.7 Å². The van der Waals surface area contributed by atoms with Gasteiger partial charge in [-0.1, -0.05) is 68.5 Å². The van der Waals surface area contributed by atoms with E-state index in [2.05, 4.69) is 164 Å². The van der Waals surface area contributed by atoms with Crippen LogP contribution >= 0.6 is 23.0 Å². The van der Waals surface area contributed by atoms with Gasteiger partial charge >= 0.3 is 0 Å². The van der Waals surface area contributed by atoms with Gasteiger partial charge in [-0.2, -0.15) is 7.79 Å². The third-order valence-corrected chi connectivity index (χ3v) is 12.0. The Morgan fingerprint density at radius 2 is 1.38 bits per heavy atom. The van der Waals surface area contributed by atoms with Gasteiger partial charge in [0.15, 0.2) is 35.3 Å². The molecule has 7 nitrogen and oxygen atoms in total. The topological polar surface area (TPSA) is 54.8 Å². The van der Waals surface area contributed by atoms with Gasteiger partial charge in [0.25, 0.3) is 0 Å². The zero-order valence-electron chi connectivity index (χ0n) is 31.5. The molecular formula is C45H48IN4O3+. The van der Waals surface area contributed by atoms with Crippen molar-refractivity contribution in [2.24, 2.45) is 14.1 Å². The SMILES string of the molecule is Cn1c2ccccc2c2c3c(ccc21)[N+](CCCOOI)=C(/C=C/C=C/C=C1/N(CCCO)c2ccc4c(c2C1(C)C)c1ccccc1n4C)C3(C)C. The molecule has 6 aromatic rings. The van der Waals surface area contributed by atoms with Gasteiger partial charge in [-0.25, -0.2) is 4.89 Å². The molecule has 8 heteroatoms. The molecule has 0 aliphatic carbocycles. The molecule has 0 atom stereocenters. The van der Waals surface area contributed by atoms with Gasteiger partial charge < -0.3 is 19.1 Å². The predicted octanol–water partition coefficient (Wildman–Crippen LogP) is 10.2. The van der Waals surface area contributed by atoms with E-state index >= 15 is 0 Å². The molecule has 4 aromatic carbocycles. The molecule has 2 aliphatic rings. The van der Waals surface area contributed by atoms with Crippen LogP contribution in [-0.4, -0.2) is 50.8 Å². The summed E-state index contributed by atoms with van der Waals surface area (Å²) in [6.07, 6.45) is 12.6. The van der Waals surface area contributed by atoms with Gasteiger partial charge in [0.1, 0.15) is 0 Å². The molecule has 272 valence electrons. The largest absolute Gasteiger partial charge is 0.396 e. The van der Waals surface area contributed by atoms with Crippen molar-refractivity contribution < 1.29 is 17.8 Å². The fraction of sp³-hybridized carbons (Fsp3) is 0.311. The summed E-state index contributed by atoms with van der Waals surface area (Å²) < 4.78 is 12.0. The van der Waals surface area contributed by atoms with Gasteiger partial charge in [0.2, 0.25) is 5.69 Å². The summed E-state index contributed by atoms with van der Waals surface area (Å²) in [6, 6.07) is 26.6. The van der Waals surface area contributed by atoms with Crippen LogP contribution in [0.25, 0.3) is 43.6 Å². The molecule has 2 aromatic heterocycles. The lowest BCUT2D eigenvalue weighted by molar-refractivity contribution is -0.440. The number of aliphatic hydroxyl groups excluding tert-OH is 1. The van der Waals surface area contributed by atoms with Gasteiger partial charge in [-0.3, -0.25) is 0 Å². The lowest BCUT2D eigenvalue weighted by Crippen LogP contribution is -2.28. The third-order valence-electron chi connectivity index (χ3n) is 11.7. The summed E-state index contributed by atoms with van der Waals surface area (Å²) in [5, 5.41) is 15.1. The fourth-order valence-corrected chi connectivity index (χ4v) is 9.54. The lowest BCUT2D eigenvalue weighted by atomic mass is 9.79. The molecule has 0 radical (unpaired) electrons. The third kappa shape index (κ3) is 5.60. The first kappa shape index (κ1) is 35.8. The second kappa shape index (κ2) is 13.9. The van der Waals surface area contributed by atoms with E-state index in [-0.39, 0.29) is 17.4 Å². The lowest BCUT2D eigenvalue weighted by Gasteiger charge is -2.27. The minimum Gasteiger partial charge on any atom is -0.396 e. The Hall–Kier alpha value is -4.22. The molecule has 0 amide bonds. The predicted molar refractivity (Wildman–Crippen MR) is 228 cm³/mol. The first-order chi connectivity index (χ1) is 25.6. The number of rotatable bonds is 11. The molecule has 0 bridgehead atoms. The molecule has 0 spiro atoms. The van der Waals surface area contributed by atoms with E-state index in [4.69, 9.17) is 8.10 Å². The minimum atomic E-state index is -0.239.